The topological polar surface area (TPSA) is 67.2 Å². The lowest BCUT2D eigenvalue weighted by Gasteiger charge is -2.05. The third-order valence-corrected chi connectivity index (χ3v) is 4.13. The molecule has 0 aliphatic carbocycles. The van der Waals surface area contributed by atoms with Crippen LogP contribution in [0.4, 0.5) is 5.69 Å². The van der Waals surface area contributed by atoms with Gasteiger partial charge in [0.05, 0.1) is 16.9 Å². The van der Waals surface area contributed by atoms with E-state index in [9.17, 15) is 9.59 Å². The molecule has 0 fully saturated rings. The lowest BCUT2D eigenvalue weighted by molar-refractivity contribution is 0.0995. The van der Waals surface area contributed by atoms with E-state index >= 15 is 0 Å². The van der Waals surface area contributed by atoms with Gasteiger partial charge >= 0.3 is 0 Å². The molecule has 1 aromatic heterocycles. The first-order valence-corrected chi connectivity index (χ1v) is 8.88. The first-order valence-electron chi connectivity index (χ1n) is 8.88. The molecule has 0 saturated carbocycles. The van der Waals surface area contributed by atoms with Gasteiger partial charge in [0.2, 0.25) is 0 Å². The Morgan fingerprint density at radius 1 is 1.00 bits per heavy atom. The van der Waals surface area contributed by atoms with Crippen molar-refractivity contribution in [3.05, 3.63) is 89.9 Å². The van der Waals surface area contributed by atoms with Crippen molar-refractivity contribution in [2.24, 2.45) is 0 Å². The molecule has 0 unspecified atom stereocenters. The average Bonchev–Trinajstić information content (AvgIpc) is 3.05. The third kappa shape index (κ3) is 4.17. The Hall–Kier alpha value is -3.67. The predicted molar refractivity (Wildman–Crippen MR) is 110 cm³/mol. The Morgan fingerprint density at radius 3 is 2.21 bits per heavy atom. The number of amides is 1. The molecule has 0 bridgehead atoms. The molecule has 1 N–H and O–H groups in total. The van der Waals surface area contributed by atoms with Crippen LogP contribution in [0.15, 0.2) is 72.9 Å². The summed E-state index contributed by atoms with van der Waals surface area (Å²) in [6, 6.07) is 18.5. The standard InChI is InChI=1S/C22H22N4O2/c1-16-20(19(27)14-15-25(2)3)21(22(28)23-17-10-6-4-7-11-17)24-26(16)18-12-8-5-9-13-18/h4-15H,1-3H3,(H,23,28). The molecule has 1 heterocycles. The Kier molecular flexibility index (Phi) is 5.69. The second-order valence-corrected chi connectivity index (χ2v) is 6.52. The van der Waals surface area contributed by atoms with E-state index in [4.69, 9.17) is 0 Å². The van der Waals surface area contributed by atoms with E-state index in [-0.39, 0.29) is 17.0 Å². The summed E-state index contributed by atoms with van der Waals surface area (Å²) >= 11 is 0. The first-order chi connectivity index (χ1) is 13.5. The average molecular weight is 374 g/mol. The maximum atomic E-state index is 12.9. The van der Waals surface area contributed by atoms with Gasteiger partial charge in [0.1, 0.15) is 0 Å². The molecule has 28 heavy (non-hydrogen) atoms. The minimum atomic E-state index is -0.425. The largest absolute Gasteiger partial charge is 0.383 e. The van der Waals surface area contributed by atoms with Crippen LogP contribution < -0.4 is 5.32 Å². The highest BCUT2D eigenvalue weighted by molar-refractivity contribution is 6.15. The van der Waals surface area contributed by atoms with Crippen LogP contribution in [-0.4, -0.2) is 40.5 Å². The van der Waals surface area contributed by atoms with Crippen LogP contribution in [0, 0.1) is 6.92 Å². The molecule has 1 amide bonds. The molecule has 0 aliphatic heterocycles. The van der Waals surface area contributed by atoms with Gasteiger partial charge in [-0.3, -0.25) is 9.59 Å². The quantitative estimate of drug-likeness (QED) is 0.528. The van der Waals surface area contributed by atoms with Gasteiger partial charge in [-0.15, -0.1) is 0 Å². The number of carbonyl (C=O) groups excluding carboxylic acids is 2. The van der Waals surface area contributed by atoms with Crippen molar-refractivity contribution in [1.29, 1.82) is 0 Å². The molecule has 3 rings (SSSR count). The SMILES string of the molecule is Cc1c(C(=O)C=CN(C)C)c(C(=O)Nc2ccccc2)nn1-c1ccccc1. The van der Waals surface area contributed by atoms with Crippen molar-refractivity contribution >= 4 is 17.4 Å². The highest BCUT2D eigenvalue weighted by Gasteiger charge is 2.25. The van der Waals surface area contributed by atoms with E-state index in [0.717, 1.165) is 5.69 Å². The molecule has 0 aliphatic rings. The lowest BCUT2D eigenvalue weighted by Crippen LogP contribution is -2.16. The molecule has 3 aromatic rings. The Labute approximate surface area is 164 Å². The number of nitrogens with zero attached hydrogens (tertiary/aromatic N) is 3. The number of hydrogen-bond donors (Lipinski definition) is 1. The fraction of sp³-hybridized carbons (Fsp3) is 0.136. The van der Waals surface area contributed by atoms with Crippen LogP contribution in [0.1, 0.15) is 26.5 Å². The number of aromatic nitrogens is 2. The molecule has 6 heteroatoms. The highest BCUT2D eigenvalue weighted by atomic mass is 16.2. The number of nitrogens with one attached hydrogen (secondary N) is 1. The molecule has 6 nitrogen and oxygen atoms in total. The van der Waals surface area contributed by atoms with Crippen molar-refractivity contribution in [1.82, 2.24) is 14.7 Å². The van der Waals surface area contributed by atoms with Crippen molar-refractivity contribution in [2.75, 3.05) is 19.4 Å². The third-order valence-electron chi connectivity index (χ3n) is 4.13. The van der Waals surface area contributed by atoms with Crippen LogP contribution in [0.3, 0.4) is 0 Å². The Balaban J connectivity index is 2.06. The van der Waals surface area contributed by atoms with Crippen LogP contribution >= 0.6 is 0 Å². The van der Waals surface area contributed by atoms with E-state index in [2.05, 4.69) is 10.4 Å². The normalized spacial score (nSPS) is 10.8. The van der Waals surface area contributed by atoms with Gasteiger partial charge in [-0.1, -0.05) is 36.4 Å². The molecular weight excluding hydrogens is 352 g/mol. The first kappa shape index (κ1) is 19.1. The van der Waals surface area contributed by atoms with Crippen LogP contribution in [-0.2, 0) is 0 Å². The van der Waals surface area contributed by atoms with Gasteiger partial charge in [-0.25, -0.2) is 4.68 Å². The Bertz CT molecular complexity index is 1010. The van der Waals surface area contributed by atoms with Gasteiger partial charge in [0, 0.05) is 32.1 Å². The van der Waals surface area contributed by atoms with Gasteiger partial charge in [-0.05, 0) is 31.2 Å². The van der Waals surface area contributed by atoms with E-state index < -0.39 is 5.91 Å². The molecule has 0 saturated heterocycles. The number of benzene rings is 2. The molecular formula is C22H22N4O2. The van der Waals surface area contributed by atoms with Gasteiger partial charge in [-0.2, -0.15) is 5.10 Å². The van der Waals surface area contributed by atoms with Gasteiger partial charge in [0.25, 0.3) is 5.91 Å². The van der Waals surface area contributed by atoms with Crippen LogP contribution in [0.2, 0.25) is 0 Å². The van der Waals surface area contributed by atoms with E-state index in [0.29, 0.717) is 11.4 Å². The monoisotopic (exact) mass is 374 g/mol. The van der Waals surface area contributed by atoms with Crippen molar-refractivity contribution in [3.8, 4) is 5.69 Å². The number of rotatable bonds is 6. The molecule has 0 spiro atoms. The molecule has 0 atom stereocenters. The minimum Gasteiger partial charge on any atom is -0.383 e. The summed E-state index contributed by atoms with van der Waals surface area (Å²) in [5, 5.41) is 7.27. The van der Waals surface area contributed by atoms with Crippen LogP contribution in [0.5, 0.6) is 0 Å². The predicted octanol–water partition coefficient (Wildman–Crippen LogP) is 3.69. The van der Waals surface area contributed by atoms with Crippen molar-refractivity contribution < 1.29 is 9.59 Å². The van der Waals surface area contributed by atoms with Crippen molar-refractivity contribution in [2.45, 2.75) is 6.92 Å². The summed E-state index contributed by atoms with van der Waals surface area (Å²) < 4.78 is 1.62. The summed E-state index contributed by atoms with van der Waals surface area (Å²) in [6.07, 6.45) is 3.10. The van der Waals surface area contributed by atoms with E-state index in [1.807, 2.05) is 62.6 Å². The minimum absolute atomic E-state index is 0.0959. The molecule has 0 radical (unpaired) electrons. The number of hydrogen-bond acceptors (Lipinski definition) is 4. The number of carbonyl (C=O) groups is 2. The zero-order valence-corrected chi connectivity index (χ0v) is 16.1. The maximum absolute atomic E-state index is 12.9. The number of para-hydroxylation sites is 2. The smallest absolute Gasteiger partial charge is 0.276 e. The summed E-state index contributed by atoms with van der Waals surface area (Å²) in [6.45, 7) is 1.79. The summed E-state index contributed by atoms with van der Waals surface area (Å²) in [4.78, 5) is 27.5. The second kappa shape index (κ2) is 8.35. The number of ketones is 1. The lowest BCUT2D eigenvalue weighted by atomic mass is 10.1. The maximum Gasteiger partial charge on any atom is 0.276 e. The Morgan fingerprint density at radius 2 is 1.61 bits per heavy atom. The summed E-state index contributed by atoms with van der Waals surface area (Å²) in [5.74, 6) is -0.697. The second-order valence-electron chi connectivity index (χ2n) is 6.52. The van der Waals surface area contributed by atoms with E-state index in [1.165, 1.54) is 6.08 Å². The van der Waals surface area contributed by atoms with Gasteiger partial charge in [0.15, 0.2) is 11.5 Å². The van der Waals surface area contributed by atoms with Crippen LogP contribution in [0.25, 0.3) is 5.69 Å². The zero-order valence-electron chi connectivity index (χ0n) is 16.1. The highest BCUT2D eigenvalue weighted by Crippen LogP contribution is 2.21. The zero-order chi connectivity index (χ0) is 20.1. The fourth-order valence-corrected chi connectivity index (χ4v) is 2.79. The summed E-state index contributed by atoms with van der Waals surface area (Å²) in [5.41, 5.74) is 2.41. The molecule has 2 aromatic carbocycles. The van der Waals surface area contributed by atoms with Crippen molar-refractivity contribution in [3.63, 3.8) is 0 Å². The molecule has 142 valence electrons. The number of allylic oxidation sites excluding steroid dienone is 1. The summed E-state index contributed by atoms with van der Waals surface area (Å²) in [7, 11) is 3.65. The number of anilines is 1. The van der Waals surface area contributed by atoms with Gasteiger partial charge < -0.3 is 10.2 Å². The van der Waals surface area contributed by atoms with E-state index in [1.54, 1.807) is 34.8 Å². The fourth-order valence-electron chi connectivity index (χ4n) is 2.79.